The predicted octanol–water partition coefficient (Wildman–Crippen LogP) is 3.13. The molecule has 0 radical (unpaired) electrons. The first-order chi connectivity index (χ1) is 9.60. The maximum atomic E-state index is 12.2. The fourth-order valence-corrected chi connectivity index (χ4v) is 2.54. The first-order valence-corrected chi connectivity index (χ1v) is 6.47. The van der Waals surface area contributed by atoms with Crippen LogP contribution in [0, 0.1) is 13.8 Å². The van der Waals surface area contributed by atoms with E-state index in [1.165, 1.54) is 0 Å². The number of anilines is 1. The second kappa shape index (κ2) is 4.56. The molecule has 1 aromatic heterocycles. The van der Waals surface area contributed by atoms with Crippen molar-refractivity contribution in [3.8, 4) is 5.75 Å². The Kier molecular flexibility index (Phi) is 2.86. The Morgan fingerprint density at radius 2 is 2.05 bits per heavy atom. The monoisotopic (exact) mass is 268 g/mol. The van der Waals surface area contributed by atoms with E-state index in [2.05, 4.69) is 16.4 Å². The van der Waals surface area contributed by atoms with Gasteiger partial charge in [-0.25, -0.2) is 0 Å². The maximum Gasteiger partial charge on any atom is 0.256 e. The molecule has 0 unspecified atom stereocenters. The molecular weight excluding hydrogens is 252 g/mol. The smallest absolute Gasteiger partial charge is 0.256 e. The quantitative estimate of drug-likeness (QED) is 0.822. The van der Waals surface area contributed by atoms with Gasteiger partial charge in [-0.1, -0.05) is 12.1 Å². The van der Waals surface area contributed by atoms with Crippen LogP contribution < -0.4 is 10.1 Å². The number of amides is 1. The fourth-order valence-electron chi connectivity index (χ4n) is 2.54. The van der Waals surface area contributed by atoms with Crippen molar-refractivity contribution in [1.82, 2.24) is 4.98 Å². The standard InChI is InChI=1S/C16H16N2O2/c1-9-7-10(2)17-13(9)8-12-11-5-4-6-14(20-3)15(11)18-16(12)19/h4-8,17H,1-3H3,(H,18,19)/b12-8-. The third-order valence-electron chi connectivity index (χ3n) is 3.50. The third kappa shape index (κ3) is 1.90. The number of carbonyl (C=O) groups is 1. The molecule has 1 aliphatic heterocycles. The molecule has 3 rings (SSSR count). The molecule has 2 N–H and O–H groups in total. The van der Waals surface area contributed by atoms with E-state index >= 15 is 0 Å². The van der Waals surface area contributed by atoms with Crippen LogP contribution in [0.1, 0.15) is 22.5 Å². The van der Waals surface area contributed by atoms with Gasteiger partial charge < -0.3 is 15.0 Å². The van der Waals surface area contributed by atoms with Gasteiger partial charge in [0.2, 0.25) is 0 Å². The molecule has 20 heavy (non-hydrogen) atoms. The summed E-state index contributed by atoms with van der Waals surface area (Å²) in [6.07, 6.45) is 1.89. The van der Waals surface area contributed by atoms with Crippen LogP contribution in [0.4, 0.5) is 5.69 Å². The summed E-state index contributed by atoms with van der Waals surface area (Å²) in [4.78, 5) is 15.4. The van der Waals surface area contributed by atoms with Crippen LogP contribution in [0.15, 0.2) is 24.3 Å². The molecule has 4 nitrogen and oxygen atoms in total. The highest BCUT2D eigenvalue weighted by molar-refractivity contribution is 6.35. The lowest BCUT2D eigenvalue weighted by molar-refractivity contribution is -0.110. The molecule has 0 bridgehead atoms. The van der Waals surface area contributed by atoms with Crippen molar-refractivity contribution in [1.29, 1.82) is 0 Å². The lowest BCUT2D eigenvalue weighted by Crippen LogP contribution is -2.04. The van der Waals surface area contributed by atoms with E-state index in [0.29, 0.717) is 11.3 Å². The van der Waals surface area contributed by atoms with Crippen LogP contribution in [-0.2, 0) is 4.79 Å². The van der Waals surface area contributed by atoms with E-state index in [-0.39, 0.29) is 5.91 Å². The zero-order valence-electron chi connectivity index (χ0n) is 11.7. The number of para-hydroxylation sites is 1. The van der Waals surface area contributed by atoms with E-state index in [1.54, 1.807) is 7.11 Å². The number of methoxy groups -OCH3 is 1. The van der Waals surface area contributed by atoms with Crippen molar-refractivity contribution >= 4 is 23.2 Å². The second-order valence-electron chi connectivity index (χ2n) is 4.94. The van der Waals surface area contributed by atoms with Crippen molar-refractivity contribution in [2.75, 3.05) is 12.4 Å². The summed E-state index contributed by atoms with van der Waals surface area (Å²) < 4.78 is 5.28. The average Bonchev–Trinajstić information content (AvgIpc) is 2.90. The molecule has 0 saturated carbocycles. The summed E-state index contributed by atoms with van der Waals surface area (Å²) in [6, 6.07) is 7.71. The van der Waals surface area contributed by atoms with Gasteiger partial charge in [0.15, 0.2) is 0 Å². The van der Waals surface area contributed by atoms with Gasteiger partial charge in [-0.15, -0.1) is 0 Å². The fraction of sp³-hybridized carbons (Fsp3) is 0.188. The zero-order valence-corrected chi connectivity index (χ0v) is 11.7. The summed E-state index contributed by atoms with van der Waals surface area (Å²) in [5.74, 6) is 0.579. The van der Waals surface area contributed by atoms with Crippen LogP contribution in [0.25, 0.3) is 11.6 Å². The number of aromatic nitrogens is 1. The Hall–Kier alpha value is -2.49. The Morgan fingerprint density at radius 1 is 1.25 bits per heavy atom. The molecule has 2 heterocycles. The van der Waals surface area contributed by atoms with E-state index in [9.17, 15) is 4.79 Å². The molecule has 1 amide bonds. The van der Waals surface area contributed by atoms with Crippen LogP contribution in [0.5, 0.6) is 5.75 Å². The maximum absolute atomic E-state index is 12.2. The third-order valence-corrected chi connectivity index (χ3v) is 3.50. The van der Waals surface area contributed by atoms with Crippen molar-refractivity contribution in [3.05, 3.63) is 46.8 Å². The number of hydrogen-bond donors (Lipinski definition) is 2. The summed E-state index contributed by atoms with van der Waals surface area (Å²) in [5, 5.41) is 2.87. The van der Waals surface area contributed by atoms with Crippen molar-refractivity contribution < 1.29 is 9.53 Å². The molecule has 0 aliphatic carbocycles. The molecular formula is C16H16N2O2. The number of aromatic amines is 1. The van der Waals surface area contributed by atoms with Gasteiger partial charge in [0.05, 0.1) is 18.4 Å². The second-order valence-corrected chi connectivity index (χ2v) is 4.94. The molecule has 2 aromatic rings. The number of hydrogen-bond acceptors (Lipinski definition) is 2. The number of ether oxygens (including phenoxy) is 1. The van der Waals surface area contributed by atoms with Gasteiger partial charge in [-0.3, -0.25) is 4.79 Å². The number of carbonyl (C=O) groups excluding carboxylic acids is 1. The predicted molar refractivity (Wildman–Crippen MR) is 79.8 cm³/mol. The molecule has 102 valence electrons. The van der Waals surface area contributed by atoms with Crippen LogP contribution in [-0.4, -0.2) is 18.0 Å². The summed E-state index contributed by atoms with van der Waals surface area (Å²) in [6.45, 7) is 4.02. The minimum Gasteiger partial charge on any atom is -0.495 e. The normalized spacial score (nSPS) is 15.3. The van der Waals surface area contributed by atoms with Gasteiger partial charge in [0, 0.05) is 17.0 Å². The van der Waals surface area contributed by atoms with E-state index in [4.69, 9.17) is 4.74 Å². The van der Waals surface area contributed by atoms with Gasteiger partial charge in [-0.2, -0.15) is 0 Å². The number of rotatable bonds is 2. The Labute approximate surface area is 117 Å². The van der Waals surface area contributed by atoms with Crippen LogP contribution in [0.2, 0.25) is 0 Å². The minimum atomic E-state index is -0.101. The van der Waals surface area contributed by atoms with Crippen LogP contribution in [0.3, 0.4) is 0 Å². The van der Waals surface area contributed by atoms with E-state index in [0.717, 1.165) is 28.2 Å². The Bertz CT molecular complexity index is 726. The number of benzene rings is 1. The van der Waals surface area contributed by atoms with Gasteiger partial charge in [0.25, 0.3) is 5.91 Å². The minimum absolute atomic E-state index is 0.101. The number of aryl methyl sites for hydroxylation is 2. The zero-order chi connectivity index (χ0) is 14.3. The highest BCUT2D eigenvalue weighted by Gasteiger charge is 2.27. The molecule has 0 saturated heterocycles. The molecule has 0 fully saturated rings. The van der Waals surface area contributed by atoms with Crippen molar-refractivity contribution in [2.24, 2.45) is 0 Å². The highest BCUT2D eigenvalue weighted by Crippen LogP contribution is 2.39. The Morgan fingerprint density at radius 3 is 2.70 bits per heavy atom. The highest BCUT2D eigenvalue weighted by atomic mass is 16.5. The molecule has 1 aliphatic rings. The van der Waals surface area contributed by atoms with Gasteiger partial charge in [0.1, 0.15) is 5.75 Å². The number of fused-ring (bicyclic) bond motifs is 1. The summed E-state index contributed by atoms with van der Waals surface area (Å²) in [7, 11) is 1.60. The first kappa shape index (κ1) is 12.5. The van der Waals surface area contributed by atoms with Crippen LogP contribution >= 0.6 is 0 Å². The molecule has 1 aromatic carbocycles. The van der Waals surface area contributed by atoms with Crippen molar-refractivity contribution in [2.45, 2.75) is 13.8 Å². The number of H-pyrrole nitrogens is 1. The lowest BCUT2D eigenvalue weighted by atomic mass is 10.0. The molecule has 0 atom stereocenters. The SMILES string of the molecule is COc1cccc2c1NC(=O)/C2=C\c1[nH]c(C)cc1C. The van der Waals surface area contributed by atoms with Gasteiger partial charge >= 0.3 is 0 Å². The lowest BCUT2D eigenvalue weighted by Gasteiger charge is -2.05. The van der Waals surface area contributed by atoms with Gasteiger partial charge in [-0.05, 0) is 37.6 Å². The topological polar surface area (TPSA) is 54.1 Å². The average molecular weight is 268 g/mol. The number of nitrogens with one attached hydrogen (secondary N) is 2. The first-order valence-electron chi connectivity index (χ1n) is 6.47. The summed E-state index contributed by atoms with van der Waals surface area (Å²) >= 11 is 0. The largest absolute Gasteiger partial charge is 0.495 e. The van der Waals surface area contributed by atoms with Crippen molar-refractivity contribution in [3.63, 3.8) is 0 Å². The summed E-state index contributed by atoms with van der Waals surface area (Å²) in [5.41, 5.74) is 5.44. The molecule has 0 spiro atoms. The van der Waals surface area contributed by atoms with E-state index < -0.39 is 0 Å². The van der Waals surface area contributed by atoms with E-state index in [1.807, 2.05) is 38.1 Å². The molecule has 4 heteroatoms. The Balaban J connectivity index is 2.13.